The van der Waals surface area contributed by atoms with Crippen molar-refractivity contribution in [1.82, 2.24) is 0 Å². The molecule has 0 saturated heterocycles. The maximum Gasteiger partial charge on any atom is 0.344 e. The molecule has 0 aromatic rings. The molecule has 0 aromatic carbocycles. The Hall–Kier alpha value is 0.260. The molecule has 0 aromatic heterocycles. The Morgan fingerprint density at radius 2 is 1.15 bits per heavy atom. The van der Waals surface area contributed by atoms with Crippen LogP contribution in [0.1, 0.15) is 0 Å². The van der Waals surface area contributed by atoms with Gasteiger partial charge in [0.2, 0.25) is 0 Å². The smallest absolute Gasteiger partial charge is 0.344 e. The van der Waals surface area contributed by atoms with Gasteiger partial charge in [-0.3, -0.25) is 0 Å². The first-order valence-electron chi connectivity index (χ1n) is 4.96. The first-order valence-corrected chi connectivity index (χ1v) is 10.7. The number of carbonyl (C=O) groups is 2. The number of aliphatic carboxylic acids is 2. The minimum absolute atomic E-state index is 0.102. The van der Waals surface area contributed by atoms with E-state index in [0.29, 0.717) is 0 Å². The second-order valence-electron chi connectivity index (χ2n) is 3.23. The van der Waals surface area contributed by atoms with Crippen molar-refractivity contribution >= 4 is 82.5 Å². The molecule has 108 valence electrons. The van der Waals surface area contributed by atoms with Gasteiger partial charge in [0, 0.05) is 0 Å². The van der Waals surface area contributed by atoms with Gasteiger partial charge in [0.25, 0.3) is 0 Å². The third kappa shape index (κ3) is 3.36. The molecule has 10 heteroatoms. The van der Waals surface area contributed by atoms with E-state index in [-0.39, 0.29) is 9.81 Å². The highest BCUT2D eigenvalue weighted by Crippen LogP contribution is 2.63. The van der Waals surface area contributed by atoms with Crippen LogP contribution in [0.2, 0.25) is 0 Å². The van der Waals surface area contributed by atoms with Crippen LogP contribution in [0.5, 0.6) is 0 Å². The van der Waals surface area contributed by atoms with Crippen LogP contribution in [0, 0.1) is 0 Å². The van der Waals surface area contributed by atoms with Crippen LogP contribution in [0.25, 0.3) is 0 Å². The summed E-state index contributed by atoms with van der Waals surface area (Å²) in [4.78, 5) is 22.0. The van der Waals surface area contributed by atoms with E-state index < -0.39 is 11.9 Å². The summed E-state index contributed by atoms with van der Waals surface area (Å²) in [5, 5.41) is 18.2. The van der Waals surface area contributed by atoms with Crippen LogP contribution in [-0.4, -0.2) is 34.7 Å². The Balaban J connectivity index is 2.26. The lowest BCUT2D eigenvalue weighted by molar-refractivity contribution is -0.134. The van der Waals surface area contributed by atoms with Crippen molar-refractivity contribution < 1.29 is 19.8 Å². The van der Waals surface area contributed by atoms with Gasteiger partial charge in [-0.15, -0.1) is 23.5 Å². The highest BCUT2D eigenvalue weighted by Gasteiger charge is 2.34. The van der Waals surface area contributed by atoms with Crippen LogP contribution < -0.4 is 0 Å². The quantitative estimate of drug-likeness (QED) is 0.732. The van der Waals surface area contributed by atoms with Gasteiger partial charge in [-0.2, -0.15) is 0 Å². The van der Waals surface area contributed by atoms with Gasteiger partial charge in [-0.05, 0) is 12.5 Å². The summed E-state index contributed by atoms with van der Waals surface area (Å²) in [6.07, 6.45) is 3.98. The van der Waals surface area contributed by atoms with Crippen LogP contribution in [0.4, 0.5) is 0 Å². The van der Waals surface area contributed by atoms with Gasteiger partial charge >= 0.3 is 11.9 Å². The van der Waals surface area contributed by atoms with Crippen LogP contribution in [-0.2, 0) is 9.59 Å². The summed E-state index contributed by atoms with van der Waals surface area (Å²) in [6, 6.07) is 0. The Kier molecular flexibility index (Phi) is 5.83. The predicted molar refractivity (Wildman–Crippen MR) is 93.7 cm³/mol. The van der Waals surface area contributed by atoms with Gasteiger partial charge in [0.15, 0.2) is 0 Å². The van der Waals surface area contributed by atoms with Crippen molar-refractivity contribution in [2.45, 2.75) is 0 Å². The topological polar surface area (TPSA) is 74.6 Å². The van der Waals surface area contributed by atoms with Crippen molar-refractivity contribution in [2.75, 3.05) is 12.5 Å². The van der Waals surface area contributed by atoms with Gasteiger partial charge in [0.05, 0.1) is 16.9 Å². The first kappa shape index (κ1) is 16.6. The lowest BCUT2D eigenvalue weighted by Crippen LogP contribution is -2.03. The molecule has 0 radical (unpaired) electrons. The number of hydrogen-bond donors (Lipinski definition) is 2. The fourth-order valence-corrected chi connectivity index (χ4v) is 8.91. The van der Waals surface area contributed by atoms with Crippen molar-refractivity contribution in [1.29, 1.82) is 0 Å². The zero-order valence-corrected chi connectivity index (χ0v) is 15.1. The van der Waals surface area contributed by atoms with E-state index in [9.17, 15) is 9.59 Å². The molecule has 2 N–H and O–H groups in total. The third-order valence-electron chi connectivity index (χ3n) is 2.06. The number of carboxylic acid groups (broad SMARTS) is 2. The summed E-state index contributed by atoms with van der Waals surface area (Å²) >= 11 is 8.51. The maximum atomic E-state index is 11.1. The number of rotatable bonds is 4. The Morgan fingerprint density at radius 3 is 1.45 bits per heavy atom. The van der Waals surface area contributed by atoms with Crippen LogP contribution in [0.3, 0.4) is 0 Å². The van der Waals surface area contributed by atoms with E-state index in [2.05, 4.69) is 0 Å². The highest BCUT2D eigenvalue weighted by molar-refractivity contribution is 8.42. The third-order valence-corrected chi connectivity index (χ3v) is 10.4. The molecule has 2 aliphatic heterocycles. The minimum atomic E-state index is -1.19. The zero-order chi connectivity index (χ0) is 14.9. The molecule has 4 nitrogen and oxygen atoms in total. The summed E-state index contributed by atoms with van der Waals surface area (Å²) in [7, 11) is 0. The number of carboxylic acids is 2. The Morgan fingerprint density at radius 1 is 0.800 bits per heavy atom. The van der Waals surface area contributed by atoms with Crippen molar-refractivity contribution in [3.8, 4) is 0 Å². The number of hydrogen-bond acceptors (Lipinski definition) is 8. The summed E-state index contributed by atoms with van der Waals surface area (Å²) < 4.78 is 4.05. The van der Waals surface area contributed by atoms with Gasteiger partial charge in [0.1, 0.15) is 9.81 Å². The Bertz CT molecular complexity index is 530. The molecule has 0 bridgehead atoms. The molecule has 0 aliphatic carbocycles. The lowest BCUT2D eigenvalue weighted by Gasteiger charge is -2.01. The van der Waals surface area contributed by atoms with E-state index in [1.165, 1.54) is 8.47 Å². The highest BCUT2D eigenvalue weighted by atomic mass is 32.3. The van der Waals surface area contributed by atoms with E-state index in [0.717, 1.165) is 32.0 Å². The second-order valence-corrected chi connectivity index (χ2v) is 9.98. The van der Waals surface area contributed by atoms with Crippen molar-refractivity contribution in [3.05, 3.63) is 26.8 Å². The molecular formula is C10H8O4S6. The predicted octanol–water partition coefficient (Wildman–Crippen LogP) is 4.31. The average Bonchev–Trinajstić information content (AvgIpc) is 3.01. The monoisotopic (exact) mass is 384 g/mol. The summed E-state index contributed by atoms with van der Waals surface area (Å²) in [6.45, 7) is 0. The molecule has 2 heterocycles. The summed E-state index contributed by atoms with van der Waals surface area (Å²) in [5.41, 5.74) is 0. The SMILES string of the molecule is CSC1=C(SC)SC(=C2SC(C(=O)O)=C(C(=O)O)S2)S1. The molecule has 0 amide bonds. The molecule has 0 saturated carbocycles. The Labute approximate surface area is 141 Å². The van der Waals surface area contributed by atoms with E-state index in [1.54, 1.807) is 47.0 Å². The van der Waals surface area contributed by atoms with Crippen molar-refractivity contribution in [3.63, 3.8) is 0 Å². The molecule has 0 unspecified atom stereocenters. The van der Waals surface area contributed by atoms with Crippen molar-refractivity contribution in [2.24, 2.45) is 0 Å². The van der Waals surface area contributed by atoms with E-state index in [4.69, 9.17) is 10.2 Å². The summed E-state index contributed by atoms with van der Waals surface area (Å²) in [5.74, 6) is -2.38. The molecule has 20 heavy (non-hydrogen) atoms. The molecule has 0 spiro atoms. The zero-order valence-electron chi connectivity index (χ0n) is 10.2. The molecule has 0 atom stereocenters. The van der Waals surface area contributed by atoms with E-state index in [1.807, 2.05) is 12.5 Å². The fraction of sp³-hybridized carbons (Fsp3) is 0.200. The standard InChI is InChI=1S/C10H8O4S6/c1-15-7-8(16-2)20-10(19-7)9-17-3(5(11)12)4(18-9)6(13)14/h1-2H3,(H,11,12)(H,13,14). The van der Waals surface area contributed by atoms with Gasteiger partial charge in [-0.1, -0.05) is 47.0 Å². The largest absolute Gasteiger partial charge is 0.477 e. The first-order chi connectivity index (χ1) is 9.47. The molecule has 2 rings (SSSR count). The van der Waals surface area contributed by atoms with Crippen LogP contribution in [0.15, 0.2) is 26.8 Å². The van der Waals surface area contributed by atoms with E-state index >= 15 is 0 Å². The molecule has 2 aliphatic rings. The number of thioether (sulfide) groups is 6. The van der Waals surface area contributed by atoms with Gasteiger partial charge < -0.3 is 10.2 Å². The molecule has 0 fully saturated rings. The molecular weight excluding hydrogens is 377 g/mol. The normalized spacial score (nSPS) is 19.3. The van der Waals surface area contributed by atoms with Gasteiger partial charge in [-0.25, -0.2) is 9.59 Å². The fourth-order valence-electron chi connectivity index (χ4n) is 1.27. The average molecular weight is 385 g/mol. The minimum Gasteiger partial charge on any atom is -0.477 e. The second kappa shape index (κ2) is 7.01. The maximum absolute atomic E-state index is 11.1. The lowest BCUT2D eigenvalue weighted by atomic mass is 10.5. The van der Waals surface area contributed by atoms with Crippen LogP contribution >= 0.6 is 70.6 Å².